The maximum absolute atomic E-state index is 12.8. The van der Waals surface area contributed by atoms with E-state index in [2.05, 4.69) is 69.4 Å². The first-order chi connectivity index (χ1) is 32.0. The first kappa shape index (κ1) is 62.4. The summed E-state index contributed by atoms with van der Waals surface area (Å²) in [7, 11) is 0. The Morgan fingerprint density at radius 2 is 0.569 bits per heavy atom. The van der Waals surface area contributed by atoms with E-state index in [0.717, 1.165) is 89.9 Å². The summed E-state index contributed by atoms with van der Waals surface area (Å²) < 4.78 is 16.8. The van der Waals surface area contributed by atoms with Gasteiger partial charge in [-0.3, -0.25) is 14.4 Å². The normalized spacial score (nSPS) is 12.4. The van der Waals surface area contributed by atoms with E-state index in [4.69, 9.17) is 14.2 Å². The smallest absolute Gasteiger partial charge is 0.306 e. The second-order valence-electron chi connectivity index (χ2n) is 18.9. The lowest BCUT2D eigenvalue weighted by atomic mass is 10.0. The molecule has 0 aromatic carbocycles. The van der Waals surface area contributed by atoms with E-state index >= 15 is 0 Å². The molecule has 0 N–H and O–H groups in total. The third-order valence-corrected chi connectivity index (χ3v) is 12.4. The van der Waals surface area contributed by atoms with Crippen LogP contribution in [0.4, 0.5) is 0 Å². The van der Waals surface area contributed by atoms with Crippen LogP contribution in [0.15, 0.2) is 48.6 Å². The second-order valence-corrected chi connectivity index (χ2v) is 18.9. The lowest BCUT2D eigenvalue weighted by Crippen LogP contribution is -2.30. The van der Waals surface area contributed by atoms with E-state index in [9.17, 15) is 14.4 Å². The average Bonchev–Trinajstić information content (AvgIpc) is 3.30. The van der Waals surface area contributed by atoms with Crippen LogP contribution in [0.1, 0.15) is 290 Å². The van der Waals surface area contributed by atoms with Gasteiger partial charge in [-0.25, -0.2) is 0 Å². The number of hydrogen-bond donors (Lipinski definition) is 0. The highest BCUT2D eigenvalue weighted by Crippen LogP contribution is 2.16. The van der Waals surface area contributed by atoms with Gasteiger partial charge in [0.1, 0.15) is 13.2 Å². The van der Waals surface area contributed by atoms with Gasteiger partial charge in [-0.05, 0) is 70.6 Å². The van der Waals surface area contributed by atoms with Gasteiger partial charge in [-0.2, -0.15) is 0 Å². The van der Waals surface area contributed by atoms with Gasteiger partial charge in [0.15, 0.2) is 6.10 Å². The van der Waals surface area contributed by atoms with E-state index in [0.29, 0.717) is 19.3 Å². The van der Waals surface area contributed by atoms with E-state index < -0.39 is 6.10 Å². The van der Waals surface area contributed by atoms with Crippen molar-refractivity contribution in [2.75, 3.05) is 13.2 Å². The number of esters is 3. The molecular formula is C59H106O6. The summed E-state index contributed by atoms with van der Waals surface area (Å²) in [5.41, 5.74) is 0. The standard InChI is InChI=1S/C59H106O6/c1-4-7-10-13-16-19-22-25-27-29-30-32-34-37-40-43-46-49-52-58(61)64-55-56(54-63-57(60)51-48-45-42-39-36-33-24-21-18-15-12-9-6-3)65-59(62)53-50-47-44-41-38-35-31-28-26-23-20-17-14-11-8-5-2/h22,25,27,29-30,32-33,36,56H,4-21,23-24,26,28,31,34-35,37-55H2,1-3H3/b25-22-,29-27-,32-30-,36-33-. The van der Waals surface area contributed by atoms with Gasteiger partial charge in [0.2, 0.25) is 0 Å². The molecule has 0 aliphatic rings. The van der Waals surface area contributed by atoms with Gasteiger partial charge >= 0.3 is 17.9 Å². The first-order valence-corrected chi connectivity index (χ1v) is 28.2. The van der Waals surface area contributed by atoms with Crippen LogP contribution in [-0.4, -0.2) is 37.2 Å². The Balaban J connectivity index is 4.40. The Labute approximate surface area is 403 Å². The van der Waals surface area contributed by atoms with Crippen molar-refractivity contribution in [3.63, 3.8) is 0 Å². The lowest BCUT2D eigenvalue weighted by molar-refractivity contribution is -0.167. The highest BCUT2D eigenvalue weighted by Gasteiger charge is 2.19. The topological polar surface area (TPSA) is 78.9 Å². The number of rotatable bonds is 51. The monoisotopic (exact) mass is 911 g/mol. The molecule has 0 heterocycles. The molecule has 378 valence electrons. The fourth-order valence-corrected chi connectivity index (χ4v) is 8.09. The minimum Gasteiger partial charge on any atom is -0.462 e. The Bertz CT molecular complexity index is 1140. The molecule has 1 unspecified atom stereocenters. The largest absolute Gasteiger partial charge is 0.462 e. The minimum absolute atomic E-state index is 0.0852. The van der Waals surface area contributed by atoms with Gasteiger partial charge in [0.25, 0.3) is 0 Å². The minimum atomic E-state index is -0.785. The zero-order valence-electron chi connectivity index (χ0n) is 43.3. The van der Waals surface area contributed by atoms with Crippen molar-refractivity contribution in [3.8, 4) is 0 Å². The van der Waals surface area contributed by atoms with E-state index in [-0.39, 0.29) is 31.1 Å². The summed E-state index contributed by atoms with van der Waals surface area (Å²) >= 11 is 0. The molecule has 0 aliphatic heterocycles. The van der Waals surface area contributed by atoms with Crippen LogP contribution in [0.5, 0.6) is 0 Å². The van der Waals surface area contributed by atoms with Crippen molar-refractivity contribution < 1.29 is 28.6 Å². The van der Waals surface area contributed by atoms with Gasteiger partial charge < -0.3 is 14.2 Å². The van der Waals surface area contributed by atoms with Crippen LogP contribution >= 0.6 is 0 Å². The molecule has 0 bridgehead atoms. The molecule has 0 saturated heterocycles. The predicted octanol–water partition coefficient (Wildman–Crippen LogP) is 18.7. The molecule has 65 heavy (non-hydrogen) atoms. The quantitative estimate of drug-likeness (QED) is 0.0199. The van der Waals surface area contributed by atoms with Crippen LogP contribution in [0, 0.1) is 0 Å². The Hall–Kier alpha value is -2.63. The number of carbonyl (C=O) groups excluding carboxylic acids is 3. The third-order valence-electron chi connectivity index (χ3n) is 12.4. The van der Waals surface area contributed by atoms with Crippen molar-refractivity contribution in [3.05, 3.63) is 48.6 Å². The second kappa shape index (κ2) is 54.0. The highest BCUT2D eigenvalue weighted by atomic mass is 16.6. The molecule has 1 atom stereocenters. The zero-order valence-corrected chi connectivity index (χ0v) is 43.3. The summed E-state index contributed by atoms with van der Waals surface area (Å²) in [6.07, 6.45) is 65.2. The summed E-state index contributed by atoms with van der Waals surface area (Å²) in [4.78, 5) is 38.1. The molecular weight excluding hydrogens is 805 g/mol. The average molecular weight is 911 g/mol. The van der Waals surface area contributed by atoms with E-state index in [1.165, 1.54) is 161 Å². The molecule has 0 saturated carbocycles. The van der Waals surface area contributed by atoms with Gasteiger partial charge in [0, 0.05) is 19.3 Å². The van der Waals surface area contributed by atoms with E-state index in [1.54, 1.807) is 0 Å². The molecule has 0 fully saturated rings. The van der Waals surface area contributed by atoms with Crippen LogP contribution in [0.3, 0.4) is 0 Å². The number of hydrogen-bond acceptors (Lipinski definition) is 6. The number of carbonyl (C=O) groups is 3. The van der Waals surface area contributed by atoms with Crippen molar-refractivity contribution in [1.82, 2.24) is 0 Å². The zero-order chi connectivity index (χ0) is 47.2. The highest BCUT2D eigenvalue weighted by molar-refractivity contribution is 5.71. The Morgan fingerprint density at radius 3 is 0.908 bits per heavy atom. The fraction of sp³-hybridized carbons (Fsp3) is 0.814. The van der Waals surface area contributed by atoms with Crippen LogP contribution < -0.4 is 0 Å². The number of allylic oxidation sites excluding steroid dienone is 8. The Morgan fingerprint density at radius 1 is 0.308 bits per heavy atom. The maximum atomic E-state index is 12.8. The van der Waals surface area contributed by atoms with Crippen molar-refractivity contribution in [2.24, 2.45) is 0 Å². The molecule has 0 radical (unpaired) electrons. The number of ether oxygens (including phenoxy) is 3. The molecule has 0 spiro atoms. The molecule has 0 amide bonds. The van der Waals surface area contributed by atoms with Gasteiger partial charge in [-0.15, -0.1) is 0 Å². The molecule has 6 nitrogen and oxygen atoms in total. The summed E-state index contributed by atoms with van der Waals surface area (Å²) in [6, 6.07) is 0. The summed E-state index contributed by atoms with van der Waals surface area (Å²) in [5, 5.41) is 0. The summed E-state index contributed by atoms with van der Waals surface area (Å²) in [6.45, 7) is 6.61. The first-order valence-electron chi connectivity index (χ1n) is 28.2. The molecule has 0 rings (SSSR count). The molecule has 0 aromatic heterocycles. The van der Waals surface area contributed by atoms with Gasteiger partial charge in [0.05, 0.1) is 0 Å². The summed E-state index contributed by atoms with van der Waals surface area (Å²) in [5.74, 6) is -0.906. The maximum Gasteiger partial charge on any atom is 0.306 e. The predicted molar refractivity (Wildman–Crippen MR) is 279 cm³/mol. The van der Waals surface area contributed by atoms with Crippen LogP contribution in [0.2, 0.25) is 0 Å². The molecule has 6 heteroatoms. The van der Waals surface area contributed by atoms with Crippen molar-refractivity contribution >= 4 is 17.9 Å². The molecule has 0 aromatic rings. The number of unbranched alkanes of at least 4 members (excludes halogenated alkanes) is 34. The Kier molecular flexibility index (Phi) is 51.8. The van der Waals surface area contributed by atoms with Crippen molar-refractivity contribution in [2.45, 2.75) is 297 Å². The van der Waals surface area contributed by atoms with Gasteiger partial charge in [-0.1, -0.05) is 249 Å². The fourth-order valence-electron chi connectivity index (χ4n) is 8.09. The molecule has 0 aliphatic carbocycles. The lowest BCUT2D eigenvalue weighted by Gasteiger charge is -2.18. The van der Waals surface area contributed by atoms with E-state index in [1.807, 2.05) is 0 Å². The van der Waals surface area contributed by atoms with Crippen LogP contribution in [-0.2, 0) is 28.6 Å². The van der Waals surface area contributed by atoms with Crippen molar-refractivity contribution in [1.29, 1.82) is 0 Å². The van der Waals surface area contributed by atoms with Crippen LogP contribution in [0.25, 0.3) is 0 Å². The third kappa shape index (κ3) is 52.2. The SMILES string of the molecule is CCCCCCC\C=C/C=C\C=C/CCCCCCCC(=O)OCC(COC(=O)CCCCC/C=C\CCCCCCCC)OC(=O)CCCCCCCCCCCCCCCCCC.